The molecule has 4 rings (SSSR count). The topological polar surface area (TPSA) is 61.4 Å². The van der Waals surface area contributed by atoms with Gasteiger partial charge < -0.3 is 15.1 Å². The van der Waals surface area contributed by atoms with Crippen molar-refractivity contribution in [2.45, 2.75) is 18.9 Å². The van der Waals surface area contributed by atoms with Gasteiger partial charge in [-0.2, -0.15) is 0 Å². The zero-order valence-electron chi connectivity index (χ0n) is 17.4. The van der Waals surface area contributed by atoms with Crippen molar-refractivity contribution in [3.05, 3.63) is 71.4 Å². The van der Waals surface area contributed by atoms with E-state index in [0.717, 1.165) is 37.8 Å². The number of aromatic nitrogens is 2. The summed E-state index contributed by atoms with van der Waals surface area (Å²) >= 11 is 5.80. The van der Waals surface area contributed by atoms with E-state index in [9.17, 15) is 13.6 Å². The van der Waals surface area contributed by atoms with Crippen LogP contribution in [-0.4, -0.2) is 47.3 Å². The molecular weight excluding hydrogens is 436 g/mol. The van der Waals surface area contributed by atoms with E-state index in [4.69, 9.17) is 11.6 Å². The van der Waals surface area contributed by atoms with Gasteiger partial charge in [0.05, 0.1) is 0 Å². The van der Waals surface area contributed by atoms with Crippen molar-refractivity contribution in [1.29, 1.82) is 0 Å². The predicted octanol–water partition coefficient (Wildman–Crippen LogP) is 5.21. The summed E-state index contributed by atoms with van der Waals surface area (Å²) in [4.78, 5) is 16.5. The van der Waals surface area contributed by atoms with Crippen LogP contribution in [0.15, 0.2) is 54.6 Å². The Labute approximate surface area is 189 Å². The molecule has 2 amide bonds. The van der Waals surface area contributed by atoms with Gasteiger partial charge in [0.15, 0.2) is 11.0 Å². The lowest BCUT2D eigenvalue weighted by Gasteiger charge is -2.37. The quantitative estimate of drug-likeness (QED) is 0.584. The fourth-order valence-corrected chi connectivity index (χ4v) is 3.90. The number of hydrogen-bond acceptors (Lipinski definition) is 4. The fourth-order valence-electron chi connectivity index (χ4n) is 3.80. The van der Waals surface area contributed by atoms with Gasteiger partial charge in [-0.3, -0.25) is 0 Å². The molecule has 0 bridgehead atoms. The third-order valence-electron chi connectivity index (χ3n) is 5.61. The molecule has 1 fully saturated rings. The van der Waals surface area contributed by atoms with E-state index in [1.54, 1.807) is 42.3 Å². The number of nitrogens with one attached hydrogen (secondary N) is 1. The molecule has 0 spiro atoms. The highest BCUT2D eigenvalue weighted by Crippen LogP contribution is 2.25. The largest absolute Gasteiger partial charge is 0.355 e. The van der Waals surface area contributed by atoms with Gasteiger partial charge in [-0.05, 0) is 60.4 Å². The van der Waals surface area contributed by atoms with Gasteiger partial charge in [-0.25, -0.2) is 13.6 Å². The second-order valence-corrected chi connectivity index (χ2v) is 8.10. The normalized spacial score (nSPS) is 14.3. The van der Waals surface area contributed by atoms with Gasteiger partial charge >= 0.3 is 6.03 Å². The highest BCUT2D eigenvalue weighted by atomic mass is 35.5. The van der Waals surface area contributed by atoms with Crippen molar-refractivity contribution in [2.24, 2.45) is 0 Å². The standard InChI is InChI=1S/C23H22ClF2N5O/c1-30(20-8-10-31(11-9-20)22-7-6-21(24)28-29-22)23(32)27-19-4-2-15(3-5-19)16-12-17(25)14-18(26)13-16/h2-7,12-14,20H,8-11H2,1H3,(H,27,32). The summed E-state index contributed by atoms with van der Waals surface area (Å²) in [5.41, 5.74) is 1.71. The number of nitrogens with zero attached hydrogens (tertiary/aromatic N) is 4. The Hall–Kier alpha value is -3.26. The Kier molecular flexibility index (Phi) is 6.50. The molecule has 0 radical (unpaired) electrons. The molecule has 1 aliphatic rings. The lowest BCUT2D eigenvalue weighted by Crippen LogP contribution is -2.47. The summed E-state index contributed by atoms with van der Waals surface area (Å²) in [5.74, 6) is -0.487. The van der Waals surface area contributed by atoms with E-state index in [-0.39, 0.29) is 12.1 Å². The molecule has 3 aromatic rings. The second-order valence-electron chi connectivity index (χ2n) is 7.71. The minimum absolute atomic E-state index is 0.0982. The molecule has 2 heterocycles. The van der Waals surface area contributed by atoms with E-state index in [0.29, 0.717) is 22.0 Å². The number of amides is 2. The number of halogens is 3. The van der Waals surface area contributed by atoms with Crippen LogP contribution >= 0.6 is 11.6 Å². The number of benzene rings is 2. The van der Waals surface area contributed by atoms with E-state index in [2.05, 4.69) is 20.4 Å². The Morgan fingerprint density at radius 1 is 1.00 bits per heavy atom. The molecule has 1 saturated heterocycles. The van der Waals surface area contributed by atoms with Crippen LogP contribution in [0.4, 0.5) is 25.1 Å². The Balaban J connectivity index is 1.33. The SMILES string of the molecule is CN(C(=O)Nc1ccc(-c2cc(F)cc(F)c2)cc1)C1CCN(c2ccc(Cl)nn2)CC1. The summed E-state index contributed by atoms with van der Waals surface area (Å²) < 4.78 is 26.9. The molecule has 0 aliphatic carbocycles. The summed E-state index contributed by atoms with van der Waals surface area (Å²) in [6.07, 6.45) is 1.61. The minimum Gasteiger partial charge on any atom is -0.355 e. The second kappa shape index (κ2) is 9.48. The first-order chi connectivity index (χ1) is 15.4. The molecule has 9 heteroatoms. The smallest absolute Gasteiger partial charge is 0.321 e. The van der Waals surface area contributed by atoms with Crippen molar-refractivity contribution >= 4 is 29.1 Å². The molecule has 1 N–H and O–H groups in total. The maximum Gasteiger partial charge on any atom is 0.321 e. The van der Waals surface area contributed by atoms with Crippen LogP contribution in [0.25, 0.3) is 11.1 Å². The van der Waals surface area contributed by atoms with E-state index < -0.39 is 11.6 Å². The number of carbonyl (C=O) groups excluding carboxylic acids is 1. The molecule has 6 nitrogen and oxygen atoms in total. The first kappa shape index (κ1) is 22.0. The average Bonchev–Trinajstić information content (AvgIpc) is 2.79. The summed E-state index contributed by atoms with van der Waals surface area (Å²) in [6, 6.07) is 13.7. The van der Waals surface area contributed by atoms with Crippen molar-refractivity contribution in [3.8, 4) is 11.1 Å². The summed E-state index contributed by atoms with van der Waals surface area (Å²) in [5, 5.41) is 11.2. The number of hydrogen-bond donors (Lipinski definition) is 1. The zero-order chi connectivity index (χ0) is 22.7. The van der Waals surface area contributed by atoms with Crippen LogP contribution in [-0.2, 0) is 0 Å². The summed E-state index contributed by atoms with van der Waals surface area (Å²) in [6.45, 7) is 1.52. The molecule has 0 saturated carbocycles. The highest BCUT2D eigenvalue weighted by molar-refractivity contribution is 6.29. The van der Waals surface area contributed by atoms with Crippen molar-refractivity contribution in [1.82, 2.24) is 15.1 Å². The Morgan fingerprint density at radius 3 is 2.25 bits per heavy atom. The lowest BCUT2D eigenvalue weighted by molar-refractivity contribution is 0.193. The molecular formula is C23H22ClF2N5O. The third kappa shape index (κ3) is 5.13. The molecule has 0 unspecified atom stereocenters. The van der Waals surface area contributed by atoms with E-state index in [1.807, 2.05) is 6.07 Å². The van der Waals surface area contributed by atoms with Gasteiger partial charge in [-0.15, -0.1) is 10.2 Å². The van der Waals surface area contributed by atoms with Gasteiger partial charge in [0.25, 0.3) is 0 Å². The molecule has 0 atom stereocenters. The van der Waals surface area contributed by atoms with Crippen LogP contribution in [0.2, 0.25) is 5.15 Å². The van der Waals surface area contributed by atoms with Gasteiger partial charge in [0.2, 0.25) is 0 Å². The predicted molar refractivity (Wildman–Crippen MR) is 121 cm³/mol. The van der Waals surface area contributed by atoms with Gasteiger partial charge in [-0.1, -0.05) is 23.7 Å². The van der Waals surface area contributed by atoms with Gasteiger partial charge in [0, 0.05) is 37.9 Å². The third-order valence-corrected chi connectivity index (χ3v) is 5.81. The average molecular weight is 458 g/mol. The van der Waals surface area contributed by atoms with Crippen LogP contribution < -0.4 is 10.2 Å². The molecule has 1 aliphatic heterocycles. The fraction of sp³-hybridized carbons (Fsp3) is 0.261. The number of rotatable bonds is 4. The summed E-state index contributed by atoms with van der Waals surface area (Å²) in [7, 11) is 1.78. The van der Waals surface area contributed by atoms with Crippen LogP contribution in [0.3, 0.4) is 0 Å². The first-order valence-corrected chi connectivity index (χ1v) is 10.6. The molecule has 1 aromatic heterocycles. The molecule has 32 heavy (non-hydrogen) atoms. The zero-order valence-corrected chi connectivity index (χ0v) is 18.2. The maximum absolute atomic E-state index is 13.4. The maximum atomic E-state index is 13.4. The van der Waals surface area contributed by atoms with Crippen LogP contribution in [0.1, 0.15) is 12.8 Å². The number of piperidine rings is 1. The number of anilines is 2. The molecule has 2 aromatic carbocycles. The van der Waals surface area contributed by atoms with Crippen molar-refractivity contribution < 1.29 is 13.6 Å². The van der Waals surface area contributed by atoms with Gasteiger partial charge in [0.1, 0.15) is 11.6 Å². The number of carbonyl (C=O) groups is 1. The Bertz CT molecular complexity index is 1070. The Morgan fingerprint density at radius 2 is 1.66 bits per heavy atom. The van der Waals surface area contributed by atoms with Crippen molar-refractivity contribution in [3.63, 3.8) is 0 Å². The van der Waals surface area contributed by atoms with E-state index in [1.165, 1.54) is 12.1 Å². The molecule has 166 valence electrons. The lowest BCUT2D eigenvalue weighted by atomic mass is 10.0. The highest BCUT2D eigenvalue weighted by Gasteiger charge is 2.26. The number of urea groups is 1. The van der Waals surface area contributed by atoms with Crippen molar-refractivity contribution in [2.75, 3.05) is 30.4 Å². The minimum atomic E-state index is -0.631. The van der Waals surface area contributed by atoms with Crippen LogP contribution in [0, 0.1) is 11.6 Å². The first-order valence-electron chi connectivity index (χ1n) is 10.2. The van der Waals surface area contributed by atoms with Crippen LogP contribution in [0.5, 0.6) is 0 Å². The monoisotopic (exact) mass is 457 g/mol. The van der Waals surface area contributed by atoms with E-state index >= 15 is 0 Å².